The lowest BCUT2D eigenvalue weighted by Gasteiger charge is -2.16. The second-order valence-electron chi connectivity index (χ2n) is 4.78. The maximum absolute atomic E-state index is 10.7. The van der Waals surface area contributed by atoms with Gasteiger partial charge in [0.15, 0.2) is 6.29 Å². The summed E-state index contributed by atoms with van der Waals surface area (Å²) in [6, 6.07) is 0. The normalized spacial score (nSPS) is 13.7. The molecule has 2 N–H and O–H groups in total. The number of hydrogen-bond acceptors (Lipinski definition) is 3. The molecule has 0 bridgehead atoms. The van der Waals surface area contributed by atoms with E-state index in [1.807, 2.05) is 0 Å². The Kier molecular flexibility index (Phi) is 11.9. The minimum atomic E-state index is -4.44. The largest absolute Gasteiger partial charge is 0.471 e. The van der Waals surface area contributed by atoms with Crippen LogP contribution in [0.2, 0.25) is 0 Å². The van der Waals surface area contributed by atoms with Crippen molar-refractivity contribution in [3.8, 4) is 0 Å². The van der Waals surface area contributed by atoms with Crippen LogP contribution in [-0.2, 0) is 13.8 Å². The van der Waals surface area contributed by atoms with Crippen LogP contribution in [0.3, 0.4) is 0 Å². The lowest BCUT2D eigenvalue weighted by atomic mass is 10.1. The molecule has 0 rings (SSSR count). The van der Waals surface area contributed by atoms with Crippen LogP contribution in [-0.4, -0.2) is 22.7 Å². The number of rotatable bonds is 13. The SMILES string of the molecule is CCCCCCCCCCOC(CC)OP(=O)(O)O. The quantitative estimate of drug-likeness (QED) is 0.305. The molecular formula is C13H29O5P. The van der Waals surface area contributed by atoms with Crippen LogP contribution < -0.4 is 0 Å². The molecule has 1 unspecified atom stereocenters. The van der Waals surface area contributed by atoms with Gasteiger partial charge in [-0.05, 0) is 12.8 Å². The second kappa shape index (κ2) is 11.9. The maximum Gasteiger partial charge on any atom is 0.471 e. The summed E-state index contributed by atoms with van der Waals surface area (Å²) >= 11 is 0. The van der Waals surface area contributed by atoms with Gasteiger partial charge < -0.3 is 14.5 Å². The van der Waals surface area contributed by atoms with Gasteiger partial charge in [0.05, 0.1) is 0 Å². The summed E-state index contributed by atoms with van der Waals surface area (Å²) in [4.78, 5) is 17.3. The van der Waals surface area contributed by atoms with Gasteiger partial charge >= 0.3 is 7.82 Å². The van der Waals surface area contributed by atoms with E-state index in [0.717, 1.165) is 12.8 Å². The molecule has 0 aliphatic carbocycles. The molecule has 116 valence electrons. The number of hydrogen-bond donors (Lipinski definition) is 2. The van der Waals surface area contributed by atoms with E-state index in [1.165, 1.54) is 38.5 Å². The number of phosphoric acid groups is 1. The Labute approximate surface area is 116 Å². The van der Waals surface area contributed by atoms with Crippen molar-refractivity contribution < 1.29 is 23.6 Å². The standard InChI is InChI=1S/C13H29O5P/c1-3-5-6-7-8-9-10-11-12-17-13(4-2)18-19(14,15)16/h13H,3-12H2,1-2H3,(H2,14,15,16). The Bertz CT molecular complexity index is 241. The molecule has 0 aliphatic rings. The lowest BCUT2D eigenvalue weighted by molar-refractivity contribution is -0.0944. The summed E-state index contributed by atoms with van der Waals surface area (Å²) in [6.45, 7) is 4.47. The van der Waals surface area contributed by atoms with Crippen molar-refractivity contribution in [3.63, 3.8) is 0 Å². The molecule has 0 fully saturated rings. The zero-order valence-electron chi connectivity index (χ0n) is 12.2. The van der Waals surface area contributed by atoms with Crippen molar-refractivity contribution in [2.75, 3.05) is 6.61 Å². The molecule has 6 heteroatoms. The average molecular weight is 296 g/mol. The third-order valence-electron chi connectivity index (χ3n) is 2.89. The highest BCUT2D eigenvalue weighted by atomic mass is 31.2. The van der Waals surface area contributed by atoms with Gasteiger partial charge in [0.25, 0.3) is 0 Å². The summed E-state index contributed by atoms with van der Waals surface area (Å²) in [5.74, 6) is 0. The number of phosphoric ester groups is 1. The number of ether oxygens (including phenoxy) is 1. The second-order valence-corrected chi connectivity index (χ2v) is 5.97. The predicted octanol–water partition coefficient (Wildman–Crippen LogP) is 3.99. The molecule has 0 radical (unpaired) electrons. The molecule has 0 aliphatic heterocycles. The Morgan fingerprint density at radius 1 is 0.947 bits per heavy atom. The van der Waals surface area contributed by atoms with E-state index >= 15 is 0 Å². The average Bonchev–Trinajstić information content (AvgIpc) is 2.34. The van der Waals surface area contributed by atoms with Crippen molar-refractivity contribution in [1.29, 1.82) is 0 Å². The first-order valence-electron chi connectivity index (χ1n) is 7.35. The van der Waals surface area contributed by atoms with Crippen LogP contribution in [0.15, 0.2) is 0 Å². The molecule has 5 nitrogen and oxygen atoms in total. The van der Waals surface area contributed by atoms with Crippen molar-refractivity contribution in [2.24, 2.45) is 0 Å². The highest BCUT2D eigenvalue weighted by Crippen LogP contribution is 2.38. The van der Waals surface area contributed by atoms with Crippen LogP contribution in [0.25, 0.3) is 0 Å². The molecule has 0 aromatic heterocycles. The molecule has 0 heterocycles. The first kappa shape index (κ1) is 19.1. The Hall–Kier alpha value is 0.0700. The van der Waals surface area contributed by atoms with Crippen LogP contribution >= 0.6 is 7.82 Å². The third kappa shape index (κ3) is 14.3. The fourth-order valence-corrected chi connectivity index (χ4v) is 2.34. The van der Waals surface area contributed by atoms with E-state index in [2.05, 4.69) is 11.4 Å². The summed E-state index contributed by atoms with van der Waals surface area (Å²) in [7, 11) is -4.44. The van der Waals surface area contributed by atoms with Gasteiger partial charge in [0, 0.05) is 6.61 Å². The van der Waals surface area contributed by atoms with Crippen molar-refractivity contribution >= 4 is 7.82 Å². The smallest absolute Gasteiger partial charge is 0.352 e. The molecule has 0 aromatic carbocycles. The first-order valence-corrected chi connectivity index (χ1v) is 8.88. The first-order chi connectivity index (χ1) is 8.99. The summed E-state index contributed by atoms with van der Waals surface area (Å²) in [5.41, 5.74) is 0. The highest BCUT2D eigenvalue weighted by Gasteiger charge is 2.20. The van der Waals surface area contributed by atoms with Crippen LogP contribution in [0, 0.1) is 0 Å². The highest BCUT2D eigenvalue weighted by molar-refractivity contribution is 7.46. The van der Waals surface area contributed by atoms with E-state index in [1.54, 1.807) is 6.92 Å². The fourth-order valence-electron chi connectivity index (χ4n) is 1.83. The van der Waals surface area contributed by atoms with Crippen molar-refractivity contribution in [3.05, 3.63) is 0 Å². The topological polar surface area (TPSA) is 76.0 Å². The summed E-state index contributed by atoms with van der Waals surface area (Å²) in [5, 5.41) is 0. The monoisotopic (exact) mass is 296 g/mol. The maximum atomic E-state index is 10.7. The zero-order valence-corrected chi connectivity index (χ0v) is 13.1. The van der Waals surface area contributed by atoms with Crippen LogP contribution in [0.4, 0.5) is 0 Å². The van der Waals surface area contributed by atoms with Gasteiger partial charge in [-0.2, -0.15) is 0 Å². The van der Waals surface area contributed by atoms with Gasteiger partial charge in [-0.1, -0.05) is 58.8 Å². The predicted molar refractivity (Wildman–Crippen MR) is 75.8 cm³/mol. The minimum absolute atomic E-state index is 0.433. The van der Waals surface area contributed by atoms with E-state index < -0.39 is 14.1 Å². The Balaban J connectivity index is 3.39. The molecule has 0 spiro atoms. The third-order valence-corrected chi connectivity index (χ3v) is 3.40. The van der Waals surface area contributed by atoms with E-state index in [4.69, 9.17) is 14.5 Å². The van der Waals surface area contributed by atoms with Gasteiger partial charge in [-0.25, -0.2) is 4.57 Å². The molecule has 0 saturated heterocycles. The molecule has 19 heavy (non-hydrogen) atoms. The van der Waals surface area contributed by atoms with Crippen molar-refractivity contribution in [1.82, 2.24) is 0 Å². The fraction of sp³-hybridized carbons (Fsp3) is 1.00. The summed E-state index contributed by atoms with van der Waals surface area (Å²) in [6.07, 6.45) is 9.31. The van der Waals surface area contributed by atoms with E-state index in [-0.39, 0.29) is 0 Å². The van der Waals surface area contributed by atoms with E-state index in [0.29, 0.717) is 13.0 Å². The van der Waals surface area contributed by atoms with Gasteiger partial charge in [0.1, 0.15) is 0 Å². The van der Waals surface area contributed by atoms with Crippen LogP contribution in [0.5, 0.6) is 0 Å². The Morgan fingerprint density at radius 3 is 1.95 bits per heavy atom. The van der Waals surface area contributed by atoms with Crippen LogP contribution in [0.1, 0.15) is 71.6 Å². The van der Waals surface area contributed by atoms with E-state index in [9.17, 15) is 4.57 Å². The molecule has 0 aromatic rings. The zero-order chi connectivity index (χ0) is 14.6. The molecule has 0 amide bonds. The van der Waals surface area contributed by atoms with Gasteiger partial charge in [-0.3, -0.25) is 4.52 Å². The minimum Gasteiger partial charge on any atom is -0.352 e. The Morgan fingerprint density at radius 2 is 1.47 bits per heavy atom. The lowest BCUT2D eigenvalue weighted by Crippen LogP contribution is -2.15. The molecular weight excluding hydrogens is 267 g/mol. The van der Waals surface area contributed by atoms with Gasteiger partial charge in [-0.15, -0.1) is 0 Å². The van der Waals surface area contributed by atoms with Gasteiger partial charge in [0.2, 0.25) is 0 Å². The number of unbranched alkanes of at least 4 members (excludes halogenated alkanes) is 7. The molecule has 1 atom stereocenters. The summed E-state index contributed by atoms with van der Waals surface area (Å²) < 4.78 is 20.5. The molecule has 0 saturated carbocycles. The van der Waals surface area contributed by atoms with Crippen molar-refractivity contribution in [2.45, 2.75) is 77.9 Å².